The number of sulfonamides is 1. The van der Waals surface area contributed by atoms with Gasteiger partial charge in [0.1, 0.15) is 17.1 Å². The van der Waals surface area contributed by atoms with E-state index < -0.39 is 16.0 Å². The van der Waals surface area contributed by atoms with Crippen LogP contribution in [0.2, 0.25) is 0 Å². The normalized spacial score (nSPS) is 11.0. The zero-order chi connectivity index (χ0) is 20.4. The van der Waals surface area contributed by atoms with Crippen molar-refractivity contribution in [3.8, 4) is 11.5 Å². The molecule has 0 amide bonds. The summed E-state index contributed by atoms with van der Waals surface area (Å²) in [7, 11) is 0.331. The maximum atomic E-state index is 13.0. The highest BCUT2D eigenvalue weighted by Crippen LogP contribution is 2.32. The van der Waals surface area contributed by atoms with Crippen LogP contribution in [0.15, 0.2) is 29.2 Å². The Morgan fingerprint density at radius 2 is 1.56 bits per heavy atom. The second-order valence-corrected chi connectivity index (χ2v) is 7.61. The summed E-state index contributed by atoms with van der Waals surface area (Å²) in [6.07, 6.45) is 0. The van der Waals surface area contributed by atoms with Crippen LogP contribution in [-0.4, -0.2) is 35.7 Å². The summed E-state index contributed by atoms with van der Waals surface area (Å²) in [5, 5.41) is 0. The van der Waals surface area contributed by atoms with Gasteiger partial charge in [0.25, 0.3) is 10.0 Å². The van der Waals surface area contributed by atoms with E-state index >= 15 is 0 Å². The maximum absolute atomic E-state index is 13.0. The van der Waals surface area contributed by atoms with Gasteiger partial charge in [-0.1, -0.05) is 0 Å². The largest absolute Gasteiger partial charge is 0.496 e. The minimum atomic E-state index is -3.86. The first-order chi connectivity index (χ1) is 12.7. The number of anilines is 1. The summed E-state index contributed by atoms with van der Waals surface area (Å²) >= 11 is 0. The Kier molecular flexibility index (Phi) is 6.00. The fourth-order valence-corrected chi connectivity index (χ4v) is 4.46. The Morgan fingerprint density at radius 1 is 0.926 bits per heavy atom. The van der Waals surface area contributed by atoms with Crippen molar-refractivity contribution >= 4 is 21.7 Å². The molecular formula is C19H23NO6S. The first-order valence-electron chi connectivity index (χ1n) is 8.10. The predicted octanol–water partition coefficient (Wildman–Crippen LogP) is 3.22. The number of benzene rings is 2. The molecule has 0 fully saturated rings. The lowest BCUT2D eigenvalue weighted by atomic mass is 10.1. The molecule has 0 aliphatic rings. The van der Waals surface area contributed by atoms with Crippen LogP contribution in [0.3, 0.4) is 0 Å². The molecule has 146 valence electrons. The third-order valence-corrected chi connectivity index (χ3v) is 6.00. The van der Waals surface area contributed by atoms with Crippen LogP contribution >= 0.6 is 0 Å². The molecule has 0 unspecified atom stereocenters. The second kappa shape index (κ2) is 7.87. The Balaban J connectivity index is 2.49. The molecule has 27 heavy (non-hydrogen) atoms. The van der Waals surface area contributed by atoms with Crippen molar-refractivity contribution < 1.29 is 27.4 Å². The van der Waals surface area contributed by atoms with E-state index in [0.717, 1.165) is 5.56 Å². The molecule has 0 saturated heterocycles. The van der Waals surface area contributed by atoms with Crippen LogP contribution < -0.4 is 14.2 Å². The van der Waals surface area contributed by atoms with Crippen LogP contribution in [0.5, 0.6) is 11.5 Å². The lowest BCUT2D eigenvalue weighted by Crippen LogP contribution is -2.17. The standard InChI is InChI=1S/C19H23NO6S/c1-11-9-16(24-4)12(2)13(3)18(11)27(22,23)20-14-7-8-15(19(21)26-6)17(10-14)25-5/h7-10,20H,1-6H3. The highest BCUT2D eigenvalue weighted by molar-refractivity contribution is 7.92. The van der Waals surface area contributed by atoms with Gasteiger partial charge in [-0.15, -0.1) is 0 Å². The van der Waals surface area contributed by atoms with Crippen LogP contribution in [0.4, 0.5) is 5.69 Å². The lowest BCUT2D eigenvalue weighted by Gasteiger charge is -2.17. The van der Waals surface area contributed by atoms with E-state index in [1.165, 1.54) is 32.4 Å². The van der Waals surface area contributed by atoms with Crippen LogP contribution in [0.25, 0.3) is 0 Å². The van der Waals surface area contributed by atoms with Gasteiger partial charge in [0.15, 0.2) is 0 Å². The van der Waals surface area contributed by atoms with Crippen molar-refractivity contribution in [2.45, 2.75) is 25.7 Å². The number of methoxy groups -OCH3 is 3. The van der Waals surface area contributed by atoms with E-state index in [9.17, 15) is 13.2 Å². The fraction of sp³-hybridized carbons (Fsp3) is 0.316. The minimum Gasteiger partial charge on any atom is -0.496 e. The predicted molar refractivity (Wildman–Crippen MR) is 102 cm³/mol. The summed E-state index contributed by atoms with van der Waals surface area (Å²) in [6.45, 7) is 5.26. The average molecular weight is 393 g/mol. The number of carbonyl (C=O) groups excluding carboxylic acids is 1. The summed E-state index contributed by atoms with van der Waals surface area (Å²) in [4.78, 5) is 11.9. The molecule has 0 aliphatic carbocycles. The molecule has 1 N–H and O–H groups in total. The van der Waals surface area contributed by atoms with Crippen molar-refractivity contribution in [2.75, 3.05) is 26.1 Å². The minimum absolute atomic E-state index is 0.191. The molecular weight excluding hydrogens is 370 g/mol. The molecule has 0 radical (unpaired) electrons. The van der Waals surface area contributed by atoms with Gasteiger partial charge >= 0.3 is 5.97 Å². The third kappa shape index (κ3) is 4.00. The molecule has 0 heterocycles. The smallest absolute Gasteiger partial charge is 0.341 e. The van der Waals surface area contributed by atoms with Gasteiger partial charge in [0, 0.05) is 6.07 Å². The van der Waals surface area contributed by atoms with Gasteiger partial charge in [-0.3, -0.25) is 4.72 Å². The molecule has 0 aromatic heterocycles. The van der Waals surface area contributed by atoms with E-state index in [2.05, 4.69) is 9.46 Å². The molecule has 7 nitrogen and oxygen atoms in total. The molecule has 8 heteroatoms. The molecule has 0 aliphatic heterocycles. The van der Waals surface area contributed by atoms with Gasteiger partial charge in [-0.05, 0) is 55.7 Å². The number of hydrogen-bond donors (Lipinski definition) is 1. The first-order valence-corrected chi connectivity index (χ1v) is 9.58. The zero-order valence-electron chi connectivity index (χ0n) is 16.2. The Hall–Kier alpha value is -2.74. The molecule has 0 saturated carbocycles. The molecule has 2 aromatic carbocycles. The fourth-order valence-electron chi connectivity index (χ4n) is 2.89. The highest BCUT2D eigenvalue weighted by Gasteiger charge is 2.23. The average Bonchev–Trinajstić information content (AvgIpc) is 2.63. The molecule has 2 rings (SSSR count). The number of rotatable bonds is 6. The van der Waals surface area contributed by atoms with E-state index in [4.69, 9.17) is 9.47 Å². The van der Waals surface area contributed by atoms with Gasteiger partial charge in [0.05, 0.1) is 31.9 Å². The summed E-state index contributed by atoms with van der Waals surface area (Å²) in [5.41, 5.74) is 2.41. The van der Waals surface area contributed by atoms with Crippen LogP contribution in [0.1, 0.15) is 27.0 Å². The summed E-state index contributed by atoms with van der Waals surface area (Å²) < 4.78 is 43.7. The van der Waals surface area contributed by atoms with Gasteiger partial charge in [-0.25, -0.2) is 13.2 Å². The monoisotopic (exact) mass is 393 g/mol. The van der Waals surface area contributed by atoms with E-state index in [-0.39, 0.29) is 21.9 Å². The van der Waals surface area contributed by atoms with Crippen molar-refractivity contribution in [3.63, 3.8) is 0 Å². The number of ether oxygens (including phenoxy) is 3. The Labute approximate surface area is 159 Å². The van der Waals surface area contributed by atoms with E-state index in [0.29, 0.717) is 16.9 Å². The third-order valence-electron chi connectivity index (χ3n) is 4.33. The van der Waals surface area contributed by atoms with Crippen LogP contribution in [0, 0.1) is 20.8 Å². The second-order valence-electron chi connectivity index (χ2n) is 5.99. The number of nitrogens with one attached hydrogen (secondary N) is 1. The van der Waals surface area contributed by atoms with E-state index in [1.54, 1.807) is 33.9 Å². The summed E-state index contributed by atoms with van der Waals surface area (Å²) in [5.74, 6) is 0.271. The lowest BCUT2D eigenvalue weighted by molar-refractivity contribution is 0.0597. The maximum Gasteiger partial charge on any atom is 0.341 e. The topological polar surface area (TPSA) is 90.9 Å². The van der Waals surface area contributed by atoms with Gasteiger partial charge in [0.2, 0.25) is 0 Å². The highest BCUT2D eigenvalue weighted by atomic mass is 32.2. The van der Waals surface area contributed by atoms with Crippen molar-refractivity contribution in [1.29, 1.82) is 0 Å². The number of hydrogen-bond acceptors (Lipinski definition) is 6. The number of aryl methyl sites for hydroxylation is 1. The Morgan fingerprint density at radius 3 is 2.11 bits per heavy atom. The van der Waals surface area contributed by atoms with Crippen molar-refractivity contribution in [2.24, 2.45) is 0 Å². The van der Waals surface area contributed by atoms with Crippen molar-refractivity contribution in [3.05, 3.63) is 46.5 Å². The molecule has 2 aromatic rings. The number of carbonyl (C=O) groups is 1. The first kappa shape index (κ1) is 20.6. The molecule has 0 bridgehead atoms. The van der Waals surface area contributed by atoms with Crippen LogP contribution in [-0.2, 0) is 14.8 Å². The summed E-state index contributed by atoms with van der Waals surface area (Å²) in [6, 6.07) is 6.05. The number of esters is 1. The SMILES string of the molecule is COC(=O)c1ccc(NS(=O)(=O)c2c(C)cc(OC)c(C)c2C)cc1OC. The molecule has 0 spiro atoms. The Bertz CT molecular complexity index is 982. The van der Waals surface area contributed by atoms with Crippen molar-refractivity contribution in [1.82, 2.24) is 0 Å². The zero-order valence-corrected chi connectivity index (χ0v) is 17.0. The molecule has 0 atom stereocenters. The van der Waals surface area contributed by atoms with Gasteiger partial charge in [-0.2, -0.15) is 0 Å². The quantitative estimate of drug-likeness (QED) is 0.758. The van der Waals surface area contributed by atoms with Gasteiger partial charge < -0.3 is 14.2 Å². The van der Waals surface area contributed by atoms with E-state index in [1.807, 2.05) is 0 Å².